The van der Waals surface area contributed by atoms with Crippen LogP contribution < -0.4 is 5.73 Å². The number of nitrogens with two attached hydrogens (primary N) is 1. The summed E-state index contributed by atoms with van der Waals surface area (Å²) in [7, 11) is -0.362. The van der Waals surface area contributed by atoms with Crippen molar-refractivity contribution in [1.29, 1.82) is 0 Å². The topological polar surface area (TPSA) is 57.4 Å². The smallest absolute Gasteiger partial charge is 0.400 e. The summed E-state index contributed by atoms with van der Waals surface area (Å²) < 4.78 is 11.9. The maximum atomic E-state index is 6.02. The molecule has 0 aromatic carbocycles. The molecule has 1 aromatic rings. The van der Waals surface area contributed by atoms with Gasteiger partial charge in [0.2, 0.25) is 0 Å². The van der Waals surface area contributed by atoms with Crippen LogP contribution in [-0.4, -0.2) is 23.3 Å². The molecule has 0 bridgehead atoms. The van der Waals surface area contributed by atoms with E-state index < -0.39 is 0 Å². The molecule has 4 nitrogen and oxygen atoms in total. The maximum Gasteiger partial charge on any atom is 0.487 e. The van der Waals surface area contributed by atoms with E-state index in [1.165, 1.54) is 0 Å². The van der Waals surface area contributed by atoms with Crippen molar-refractivity contribution < 1.29 is 9.31 Å². The SMILES string of the molecule is Cc1cnc(/C=C/B2OC(C)(C)C(C)(C)O2)c([C@H](C)N)c1. The van der Waals surface area contributed by atoms with Crippen molar-refractivity contribution >= 4 is 13.2 Å². The highest BCUT2D eigenvalue weighted by Gasteiger charge is 2.50. The Labute approximate surface area is 127 Å². The van der Waals surface area contributed by atoms with Crippen LogP contribution in [0.2, 0.25) is 0 Å². The van der Waals surface area contributed by atoms with E-state index in [0.717, 1.165) is 16.8 Å². The second-order valence-corrected chi connectivity index (χ2v) is 6.76. The summed E-state index contributed by atoms with van der Waals surface area (Å²) in [5.41, 5.74) is 8.37. The molecule has 114 valence electrons. The quantitative estimate of drug-likeness (QED) is 0.868. The number of hydrogen-bond acceptors (Lipinski definition) is 4. The van der Waals surface area contributed by atoms with Crippen LogP contribution in [0, 0.1) is 6.92 Å². The average molecular weight is 288 g/mol. The zero-order valence-electron chi connectivity index (χ0n) is 13.8. The minimum absolute atomic E-state index is 0.0599. The molecular formula is C16H25BN2O2. The van der Waals surface area contributed by atoms with Gasteiger partial charge < -0.3 is 15.0 Å². The zero-order valence-corrected chi connectivity index (χ0v) is 13.8. The Morgan fingerprint density at radius 1 is 1.24 bits per heavy atom. The van der Waals surface area contributed by atoms with E-state index in [2.05, 4.69) is 11.1 Å². The Kier molecular flexibility index (Phi) is 4.29. The van der Waals surface area contributed by atoms with Crippen LogP contribution in [0.25, 0.3) is 6.08 Å². The highest BCUT2D eigenvalue weighted by Crippen LogP contribution is 2.37. The van der Waals surface area contributed by atoms with Gasteiger partial charge in [-0.15, -0.1) is 0 Å². The molecular weight excluding hydrogens is 263 g/mol. The summed E-state index contributed by atoms with van der Waals surface area (Å²) in [6.45, 7) is 12.1. The Hall–Kier alpha value is -1.17. The summed E-state index contributed by atoms with van der Waals surface area (Å²) in [5, 5.41) is 0. The van der Waals surface area contributed by atoms with Gasteiger partial charge in [0.25, 0.3) is 0 Å². The summed E-state index contributed by atoms with van der Waals surface area (Å²) in [4.78, 5) is 4.46. The summed E-state index contributed by atoms with van der Waals surface area (Å²) in [6, 6.07) is 2.01. The van der Waals surface area contributed by atoms with Crippen molar-refractivity contribution in [3.05, 3.63) is 35.1 Å². The van der Waals surface area contributed by atoms with Gasteiger partial charge in [-0.05, 0) is 58.7 Å². The van der Waals surface area contributed by atoms with Crippen molar-refractivity contribution in [1.82, 2.24) is 4.98 Å². The van der Waals surface area contributed by atoms with E-state index in [-0.39, 0.29) is 24.4 Å². The van der Waals surface area contributed by atoms with Crippen molar-refractivity contribution in [3.8, 4) is 0 Å². The van der Waals surface area contributed by atoms with Gasteiger partial charge in [0.05, 0.1) is 16.9 Å². The maximum absolute atomic E-state index is 6.02. The molecule has 5 heteroatoms. The van der Waals surface area contributed by atoms with Gasteiger partial charge in [-0.3, -0.25) is 4.98 Å². The van der Waals surface area contributed by atoms with Crippen LogP contribution in [-0.2, 0) is 9.31 Å². The molecule has 0 aliphatic carbocycles. The highest BCUT2D eigenvalue weighted by molar-refractivity contribution is 6.52. The molecule has 0 amide bonds. The number of aromatic nitrogens is 1. The van der Waals surface area contributed by atoms with Crippen molar-refractivity contribution in [2.75, 3.05) is 0 Å². The first-order valence-electron chi connectivity index (χ1n) is 7.38. The zero-order chi connectivity index (χ0) is 15.8. The molecule has 1 aliphatic heterocycles. The molecule has 2 heterocycles. The van der Waals surface area contributed by atoms with Crippen LogP contribution in [0.15, 0.2) is 18.2 Å². The van der Waals surface area contributed by atoms with Crippen LogP contribution in [0.3, 0.4) is 0 Å². The molecule has 1 atom stereocenters. The second-order valence-electron chi connectivity index (χ2n) is 6.76. The van der Waals surface area contributed by atoms with Gasteiger partial charge in [0.15, 0.2) is 0 Å². The van der Waals surface area contributed by atoms with Crippen molar-refractivity contribution in [3.63, 3.8) is 0 Å². The van der Waals surface area contributed by atoms with Crippen molar-refractivity contribution in [2.45, 2.75) is 58.8 Å². The third kappa shape index (κ3) is 3.36. The predicted octanol–water partition coefficient (Wildman–Crippen LogP) is 3.05. The fourth-order valence-electron chi connectivity index (χ4n) is 2.24. The lowest BCUT2D eigenvalue weighted by Crippen LogP contribution is -2.41. The Morgan fingerprint density at radius 2 is 1.81 bits per heavy atom. The summed E-state index contributed by atoms with van der Waals surface area (Å²) in [5.74, 6) is 1.90. The monoisotopic (exact) mass is 288 g/mol. The highest BCUT2D eigenvalue weighted by atomic mass is 16.7. The third-order valence-corrected chi connectivity index (χ3v) is 4.26. The van der Waals surface area contributed by atoms with E-state index >= 15 is 0 Å². The lowest BCUT2D eigenvalue weighted by atomic mass is 9.89. The first kappa shape index (κ1) is 16.2. The summed E-state index contributed by atoms with van der Waals surface area (Å²) >= 11 is 0. The van der Waals surface area contributed by atoms with E-state index in [4.69, 9.17) is 15.0 Å². The van der Waals surface area contributed by atoms with E-state index in [0.29, 0.717) is 0 Å². The number of aryl methyl sites for hydroxylation is 1. The van der Waals surface area contributed by atoms with Crippen LogP contribution in [0.4, 0.5) is 0 Å². The fourth-order valence-corrected chi connectivity index (χ4v) is 2.24. The number of nitrogens with zero attached hydrogens (tertiary/aromatic N) is 1. The molecule has 1 aliphatic rings. The second kappa shape index (κ2) is 5.56. The fraction of sp³-hybridized carbons (Fsp3) is 0.562. The number of hydrogen-bond donors (Lipinski definition) is 1. The lowest BCUT2D eigenvalue weighted by Gasteiger charge is -2.32. The molecule has 2 rings (SSSR count). The normalized spacial score (nSPS) is 22.0. The van der Waals surface area contributed by atoms with Crippen LogP contribution in [0.1, 0.15) is 57.5 Å². The van der Waals surface area contributed by atoms with Gasteiger partial charge >= 0.3 is 7.12 Å². The molecule has 0 spiro atoms. The first-order valence-corrected chi connectivity index (χ1v) is 7.38. The van der Waals surface area contributed by atoms with E-state index in [1.807, 2.05) is 59.8 Å². The molecule has 0 saturated carbocycles. The molecule has 21 heavy (non-hydrogen) atoms. The van der Waals surface area contributed by atoms with E-state index in [9.17, 15) is 0 Å². The number of pyridine rings is 1. The standard InChI is InChI=1S/C16H25BN2O2/c1-11-9-13(12(2)18)14(19-10-11)7-8-17-20-15(3,4)16(5,6)21-17/h7-10,12H,18H2,1-6H3/b8-7+/t12-/m0/s1. The minimum Gasteiger partial charge on any atom is -0.400 e. The van der Waals surface area contributed by atoms with Crippen LogP contribution >= 0.6 is 0 Å². The van der Waals surface area contributed by atoms with E-state index in [1.54, 1.807) is 0 Å². The molecule has 1 aromatic heterocycles. The summed E-state index contributed by atoms with van der Waals surface area (Å²) in [6.07, 6.45) is 3.77. The van der Waals surface area contributed by atoms with Crippen LogP contribution in [0.5, 0.6) is 0 Å². The van der Waals surface area contributed by atoms with Gasteiger partial charge in [0.1, 0.15) is 0 Å². The Bertz CT molecular complexity index is 537. The molecule has 2 N–H and O–H groups in total. The largest absolute Gasteiger partial charge is 0.487 e. The molecule has 1 saturated heterocycles. The van der Waals surface area contributed by atoms with Gasteiger partial charge in [-0.1, -0.05) is 12.0 Å². The Morgan fingerprint density at radius 3 is 2.33 bits per heavy atom. The van der Waals surface area contributed by atoms with Gasteiger partial charge in [0, 0.05) is 12.2 Å². The Balaban J connectivity index is 2.20. The lowest BCUT2D eigenvalue weighted by molar-refractivity contribution is 0.00578. The van der Waals surface area contributed by atoms with Gasteiger partial charge in [-0.2, -0.15) is 0 Å². The number of rotatable bonds is 3. The third-order valence-electron chi connectivity index (χ3n) is 4.26. The van der Waals surface area contributed by atoms with Gasteiger partial charge in [-0.25, -0.2) is 0 Å². The molecule has 0 unspecified atom stereocenters. The predicted molar refractivity (Wildman–Crippen MR) is 86.7 cm³/mol. The first-order chi connectivity index (χ1) is 9.62. The van der Waals surface area contributed by atoms with Crippen molar-refractivity contribution in [2.24, 2.45) is 5.73 Å². The average Bonchev–Trinajstić information content (AvgIpc) is 2.56. The molecule has 1 fully saturated rings. The molecule has 0 radical (unpaired) electrons. The minimum atomic E-state index is -0.362.